The highest BCUT2D eigenvalue weighted by Crippen LogP contribution is 2.30. The fourth-order valence-electron chi connectivity index (χ4n) is 2.14. The van der Waals surface area contributed by atoms with Gasteiger partial charge >= 0.3 is 0 Å². The predicted octanol–water partition coefficient (Wildman–Crippen LogP) is 2.25. The number of hydrogen-bond acceptors (Lipinski definition) is 2. The van der Waals surface area contributed by atoms with Gasteiger partial charge in [0.15, 0.2) is 0 Å². The molecule has 0 unspecified atom stereocenters. The second-order valence-electron chi connectivity index (χ2n) is 4.36. The van der Waals surface area contributed by atoms with Crippen LogP contribution in [0, 0.1) is 0 Å². The van der Waals surface area contributed by atoms with Gasteiger partial charge in [-0.1, -0.05) is 60.7 Å². The Bertz CT molecular complexity index is 525. The van der Waals surface area contributed by atoms with E-state index in [9.17, 15) is 9.90 Å². The van der Waals surface area contributed by atoms with E-state index in [0.717, 1.165) is 11.1 Å². The van der Waals surface area contributed by atoms with Crippen molar-refractivity contribution in [2.24, 2.45) is 0 Å². The van der Waals surface area contributed by atoms with Crippen molar-refractivity contribution in [1.82, 2.24) is 5.32 Å². The molecule has 0 spiro atoms. The zero-order chi connectivity index (χ0) is 13.7. The summed E-state index contributed by atoms with van der Waals surface area (Å²) < 4.78 is 0. The van der Waals surface area contributed by atoms with E-state index in [1.54, 1.807) is 7.05 Å². The highest BCUT2D eigenvalue weighted by molar-refractivity contribution is 5.84. The van der Waals surface area contributed by atoms with Crippen molar-refractivity contribution < 1.29 is 9.90 Å². The van der Waals surface area contributed by atoms with Crippen LogP contribution in [0.2, 0.25) is 0 Å². The van der Waals surface area contributed by atoms with E-state index in [1.807, 2.05) is 60.7 Å². The molecule has 1 amide bonds. The second-order valence-corrected chi connectivity index (χ2v) is 4.36. The van der Waals surface area contributed by atoms with Crippen molar-refractivity contribution in [3.63, 3.8) is 0 Å². The third kappa shape index (κ3) is 3.01. The third-order valence-electron chi connectivity index (χ3n) is 3.14. The minimum atomic E-state index is -0.858. The summed E-state index contributed by atoms with van der Waals surface area (Å²) in [6.45, 7) is 0. The molecular formula is C16H17NO2. The normalized spacial score (nSPS) is 13.6. The summed E-state index contributed by atoms with van der Waals surface area (Å²) >= 11 is 0. The average molecular weight is 255 g/mol. The van der Waals surface area contributed by atoms with Gasteiger partial charge in [-0.2, -0.15) is 0 Å². The monoisotopic (exact) mass is 255 g/mol. The van der Waals surface area contributed by atoms with Gasteiger partial charge in [0.1, 0.15) is 0 Å². The molecule has 3 nitrogen and oxygen atoms in total. The van der Waals surface area contributed by atoms with Gasteiger partial charge in [0.05, 0.1) is 12.0 Å². The van der Waals surface area contributed by atoms with Gasteiger partial charge in [0.25, 0.3) is 0 Å². The molecule has 0 aliphatic carbocycles. The topological polar surface area (TPSA) is 49.3 Å². The van der Waals surface area contributed by atoms with Crippen molar-refractivity contribution in [2.45, 2.75) is 12.0 Å². The maximum atomic E-state index is 12.1. The number of carbonyl (C=O) groups excluding carboxylic acids is 1. The number of aliphatic hydroxyl groups is 1. The van der Waals surface area contributed by atoms with E-state index in [4.69, 9.17) is 0 Å². The Morgan fingerprint density at radius 2 is 1.42 bits per heavy atom. The van der Waals surface area contributed by atoms with Crippen LogP contribution in [-0.4, -0.2) is 18.1 Å². The molecule has 0 aliphatic rings. The largest absolute Gasteiger partial charge is 0.387 e. The van der Waals surface area contributed by atoms with Gasteiger partial charge in [0, 0.05) is 7.05 Å². The van der Waals surface area contributed by atoms with Crippen molar-refractivity contribution in [2.75, 3.05) is 7.05 Å². The van der Waals surface area contributed by atoms with E-state index >= 15 is 0 Å². The van der Waals surface area contributed by atoms with Crippen molar-refractivity contribution >= 4 is 5.91 Å². The van der Waals surface area contributed by atoms with Gasteiger partial charge in [0.2, 0.25) is 5.91 Å². The van der Waals surface area contributed by atoms with Gasteiger partial charge in [-0.05, 0) is 11.1 Å². The molecule has 98 valence electrons. The average Bonchev–Trinajstić information content (AvgIpc) is 2.49. The fourth-order valence-corrected chi connectivity index (χ4v) is 2.14. The molecule has 0 saturated heterocycles. The summed E-state index contributed by atoms with van der Waals surface area (Å²) in [5.74, 6) is -0.795. The number of amides is 1. The molecule has 19 heavy (non-hydrogen) atoms. The van der Waals surface area contributed by atoms with E-state index in [1.165, 1.54) is 0 Å². The lowest BCUT2D eigenvalue weighted by atomic mass is 9.88. The van der Waals surface area contributed by atoms with E-state index < -0.39 is 12.0 Å². The van der Waals surface area contributed by atoms with Crippen LogP contribution in [0.4, 0.5) is 0 Å². The SMILES string of the molecule is CNC(=O)[C@H](c1ccccc1)[C@@H](O)c1ccccc1. The van der Waals surface area contributed by atoms with Gasteiger partial charge in [-0.15, -0.1) is 0 Å². The first kappa shape index (κ1) is 13.3. The molecule has 2 aromatic rings. The molecule has 0 heterocycles. The first-order valence-electron chi connectivity index (χ1n) is 6.23. The zero-order valence-corrected chi connectivity index (χ0v) is 10.8. The molecule has 0 bridgehead atoms. The Kier molecular flexibility index (Phi) is 4.31. The maximum absolute atomic E-state index is 12.1. The number of benzene rings is 2. The summed E-state index contributed by atoms with van der Waals surface area (Å²) in [5, 5.41) is 13.1. The number of aliphatic hydroxyl groups excluding tert-OH is 1. The number of nitrogens with one attached hydrogen (secondary N) is 1. The Hall–Kier alpha value is -2.13. The van der Waals surface area contributed by atoms with Crippen LogP contribution in [0.5, 0.6) is 0 Å². The summed E-state index contributed by atoms with van der Waals surface area (Å²) in [5.41, 5.74) is 1.54. The highest BCUT2D eigenvalue weighted by Gasteiger charge is 2.28. The molecule has 0 saturated carbocycles. The van der Waals surface area contributed by atoms with E-state index in [2.05, 4.69) is 5.32 Å². The van der Waals surface area contributed by atoms with Crippen molar-refractivity contribution in [1.29, 1.82) is 0 Å². The summed E-state index contributed by atoms with van der Waals surface area (Å²) in [6, 6.07) is 18.6. The Balaban J connectivity index is 2.36. The zero-order valence-electron chi connectivity index (χ0n) is 10.8. The lowest BCUT2D eigenvalue weighted by molar-refractivity contribution is -0.124. The molecule has 2 N–H and O–H groups in total. The third-order valence-corrected chi connectivity index (χ3v) is 3.14. The van der Waals surface area contributed by atoms with Crippen LogP contribution >= 0.6 is 0 Å². The first-order chi connectivity index (χ1) is 9.24. The smallest absolute Gasteiger partial charge is 0.230 e. The maximum Gasteiger partial charge on any atom is 0.230 e. The van der Waals surface area contributed by atoms with Crippen molar-refractivity contribution in [3.8, 4) is 0 Å². The van der Waals surface area contributed by atoms with Crippen LogP contribution in [0.25, 0.3) is 0 Å². The fraction of sp³-hybridized carbons (Fsp3) is 0.188. The molecule has 2 atom stereocenters. The molecule has 3 heteroatoms. The summed E-state index contributed by atoms with van der Waals surface area (Å²) in [6.07, 6.45) is -0.858. The Labute approximate surface area is 112 Å². The lowest BCUT2D eigenvalue weighted by Gasteiger charge is -2.22. The van der Waals surface area contributed by atoms with Crippen LogP contribution in [0.15, 0.2) is 60.7 Å². The van der Waals surface area contributed by atoms with E-state index in [-0.39, 0.29) is 5.91 Å². The van der Waals surface area contributed by atoms with Crippen LogP contribution in [0.1, 0.15) is 23.1 Å². The standard InChI is InChI=1S/C16H17NO2/c1-17-16(19)14(12-8-4-2-5-9-12)15(18)13-10-6-3-7-11-13/h2-11,14-15,18H,1H3,(H,17,19)/t14-,15+/m1/s1. The summed E-state index contributed by atoms with van der Waals surface area (Å²) in [7, 11) is 1.58. The molecule has 0 aliphatic heterocycles. The van der Waals surface area contributed by atoms with Gasteiger partial charge in [-0.25, -0.2) is 0 Å². The quantitative estimate of drug-likeness (QED) is 0.880. The van der Waals surface area contributed by atoms with Crippen molar-refractivity contribution in [3.05, 3.63) is 71.8 Å². The Morgan fingerprint density at radius 1 is 0.947 bits per heavy atom. The van der Waals surface area contributed by atoms with Crippen LogP contribution < -0.4 is 5.32 Å². The van der Waals surface area contributed by atoms with Gasteiger partial charge in [-0.3, -0.25) is 4.79 Å². The van der Waals surface area contributed by atoms with E-state index in [0.29, 0.717) is 0 Å². The molecular weight excluding hydrogens is 238 g/mol. The van der Waals surface area contributed by atoms with Gasteiger partial charge < -0.3 is 10.4 Å². The minimum Gasteiger partial charge on any atom is -0.387 e. The van der Waals surface area contributed by atoms with Crippen LogP contribution in [-0.2, 0) is 4.79 Å². The molecule has 0 fully saturated rings. The highest BCUT2D eigenvalue weighted by atomic mass is 16.3. The Morgan fingerprint density at radius 3 is 1.89 bits per heavy atom. The molecule has 0 radical (unpaired) electrons. The first-order valence-corrected chi connectivity index (χ1v) is 6.23. The number of likely N-dealkylation sites (N-methyl/N-ethyl adjacent to an activating group) is 1. The number of rotatable bonds is 4. The summed E-state index contributed by atoms with van der Waals surface area (Å²) in [4.78, 5) is 12.1. The molecule has 0 aromatic heterocycles. The number of hydrogen-bond donors (Lipinski definition) is 2. The number of carbonyl (C=O) groups is 1. The lowest BCUT2D eigenvalue weighted by Crippen LogP contribution is -2.30. The molecule has 2 aromatic carbocycles. The van der Waals surface area contributed by atoms with Crippen LogP contribution in [0.3, 0.4) is 0 Å². The second kappa shape index (κ2) is 6.16. The predicted molar refractivity (Wildman–Crippen MR) is 74.7 cm³/mol. The minimum absolute atomic E-state index is 0.192. The molecule has 2 rings (SSSR count).